The second kappa shape index (κ2) is 7.72. The number of ether oxygens (including phenoxy) is 1. The van der Waals surface area contributed by atoms with Gasteiger partial charge in [0, 0.05) is 0 Å². The van der Waals surface area contributed by atoms with Gasteiger partial charge >= 0.3 is 180 Å². The van der Waals surface area contributed by atoms with Crippen molar-refractivity contribution in [1.29, 1.82) is 0 Å². The van der Waals surface area contributed by atoms with Gasteiger partial charge in [-0.25, -0.2) is 0 Å². The standard InChI is InChI=1S/C18H13AsCl2N4OS/c1-26-10-5-6-15-13(7-10)22-16(27-15)9-25-8-14(23-18(19)24-25)17-11(20)3-2-4-12(17)21/h2-8H,9H2,1H3,(H,23,24). The molecule has 0 fully saturated rings. The molecule has 5 nitrogen and oxygen atoms in total. The van der Waals surface area contributed by atoms with Crippen molar-refractivity contribution >= 4 is 71.9 Å². The van der Waals surface area contributed by atoms with E-state index in [1.165, 1.54) is 0 Å². The zero-order valence-corrected chi connectivity index (χ0v) is 18.3. The third-order valence-electron chi connectivity index (χ3n) is 3.91. The van der Waals surface area contributed by atoms with Crippen molar-refractivity contribution in [1.82, 2.24) is 15.4 Å². The molecular weight excluding hydrogens is 466 g/mol. The van der Waals surface area contributed by atoms with Crippen LogP contribution in [0.4, 0.5) is 0 Å². The van der Waals surface area contributed by atoms with Crippen LogP contribution < -0.4 is 10.2 Å². The molecule has 0 spiro atoms. The summed E-state index contributed by atoms with van der Waals surface area (Å²) >= 11 is 16.7. The maximum absolute atomic E-state index is 6.34. The Morgan fingerprint density at radius 1 is 1.22 bits per heavy atom. The molecule has 4 rings (SSSR count). The molecule has 0 unspecified atom stereocenters. The number of methoxy groups -OCH3 is 1. The van der Waals surface area contributed by atoms with Crippen LogP contribution in [-0.2, 0) is 6.54 Å². The van der Waals surface area contributed by atoms with Crippen LogP contribution in [-0.4, -0.2) is 38.6 Å². The number of rotatable bonds is 4. The first-order valence-electron chi connectivity index (χ1n) is 7.94. The molecular formula is C18H13AsCl2N4OS. The normalized spacial score (nSPS) is 14.0. The Labute approximate surface area is 179 Å². The van der Waals surface area contributed by atoms with Crippen molar-refractivity contribution in [2.45, 2.75) is 6.54 Å². The molecule has 0 bridgehead atoms. The van der Waals surface area contributed by atoms with Gasteiger partial charge in [0.2, 0.25) is 0 Å². The summed E-state index contributed by atoms with van der Waals surface area (Å²) < 4.78 is 7.08. The topological polar surface area (TPSA) is 49.8 Å². The summed E-state index contributed by atoms with van der Waals surface area (Å²) in [7, 11) is 1.65. The summed E-state index contributed by atoms with van der Waals surface area (Å²) in [6, 6.07) is 11.3. The molecule has 9 heteroatoms. The second-order valence-corrected chi connectivity index (χ2v) is 8.55. The average Bonchev–Trinajstić information content (AvgIpc) is 3.02. The van der Waals surface area contributed by atoms with E-state index < -0.39 is 0 Å². The molecule has 2 radical (unpaired) electrons. The molecule has 2 aromatic carbocycles. The van der Waals surface area contributed by atoms with Gasteiger partial charge in [0.25, 0.3) is 0 Å². The van der Waals surface area contributed by atoms with Crippen LogP contribution in [0.25, 0.3) is 15.9 Å². The first-order chi connectivity index (χ1) is 13.0. The quantitative estimate of drug-likeness (QED) is 0.562. The number of aromatic nitrogens is 1. The molecule has 0 aliphatic carbocycles. The molecule has 0 atom stereocenters. The average molecular weight is 479 g/mol. The number of hydrogen-bond donors (Lipinski definition) is 1. The third kappa shape index (κ3) is 3.94. The van der Waals surface area contributed by atoms with Crippen LogP contribution in [0.15, 0.2) is 47.6 Å². The van der Waals surface area contributed by atoms with Crippen LogP contribution in [0, 0.1) is 0 Å². The van der Waals surface area contributed by atoms with Gasteiger partial charge in [-0.1, -0.05) is 0 Å². The number of halogens is 2. The zero-order valence-electron chi connectivity index (χ0n) is 14.1. The Balaban J connectivity index is 1.64. The van der Waals surface area contributed by atoms with Gasteiger partial charge in [-0.3, -0.25) is 0 Å². The van der Waals surface area contributed by atoms with E-state index in [2.05, 4.69) is 27.3 Å². The van der Waals surface area contributed by atoms with Crippen molar-refractivity contribution in [3.05, 3.63) is 63.2 Å². The van der Waals surface area contributed by atoms with Gasteiger partial charge in [-0.2, -0.15) is 0 Å². The first-order valence-corrected chi connectivity index (χ1v) is 10.4. The SMILES string of the molecule is COc1ccc2sc(CN3C=C(c4c(Cl)cccc4Cl)N=C([As])N3)nc2c1. The fourth-order valence-electron chi connectivity index (χ4n) is 2.72. The number of nitrogens with one attached hydrogen (secondary N) is 1. The predicted octanol–water partition coefficient (Wildman–Crippen LogP) is 4.46. The summed E-state index contributed by atoms with van der Waals surface area (Å²) in [6.45, 7) is 0.573. The van der Waals surface area contributed by atoms with Gasteiger partial charge in [0.15, 0.2) is 0 Å². The number of amidine groups is 1. The monoisotopic (exact) mass is 478 g/mol. The molecule has 0 amide bonds. The summed E-state index contributed by atoms with van der Waals surface area (Å²) in [4.78, 5) is 9.23. The molecule has 1 aromatic heterocycles. The molecule has 0 saturated heterocycles. The van der Waals surface area contributed by atoms with E-state index in [4.69, 9.17) is 32.9 Å². The summed E-state index contributed by atoms with van der Waals surface area (Å²) in [5.41, 5.74) is 5.54. The van der Waals surface area contributed by atoms with E-state index in [0.717, 1.165) is 21.0 Å². The molecule has 1 N–H and O–H groups in total. The Morgan fingerprint density at radius 2 is 2.00 bits per heavy atom. The number of hydrazine groups is 1. The number of benzene rings is 2. The number of fused-ring (bicyclic) bond motifs is 1. The van der Waals surface area contributed by atoms with E-state index in [-0.39, 0.29) is 0 Å². The van der Waals surface area contributed by atoms with Crippen LogP contribution >= 0.6 is 34.5 Å². The van der Waals surface area contributed by atoms with E-state index >= 15 is 0 Å². The fraction of sp³-hybridized carbons (Fsp3) is 0.111. The van der Waals surface area contributed by atoms with E-state index in [9.17, 15) is 0 Å². The minimum absolute atomic E-state index is 0.562. The Bertz CT molecular complexity index is 1060. The number of thiazole rings is 1. The molecule has 136 valence electrons. The number of aliphatic imine (C=N–C) groups is 1. The van der Waals surface area contributed by atoms with Gasteiger partial charge < -0.3 is 0 Å². The zero-order chi connectivity index (χ0) is 19.0. The molecule has 27 heavy (non-hydrogen) atoms. The summed E-state index contributed by atoms with van der Waals surface area (Å²) in [5, 5.41) is 4.01. The summed E-state index contributed by atoms with van der Waals surface area (Å²) in [5.74, 6) is 0.797. The fourth-order valence-corrected chi connectivity index (χ4v) is 4.75. The predicted molar refractivity (Wildman–Crippen MR) is 112 cm³/mol. The van der Waals surface area contributed by atoms with Crippen molar-refractivity contribution in [2.75, 3.05) is 7.11 Å². The Kier molecular flexibility index (Phi) is 5.33. The maximum atomic E-state index is 6.34. The number of nitrogens with zero attached hydrogens (tertiary/aromatic N) is 3. The Hall–Kier alpha value is -1.72. The Morgan fingerprint density at radius 3 is 2.74 bits per heavy atom. The van der Waals surface area contributed by atoms with Crippen LogP contribution in [0.1, 0.15) is 10.6 Å². The number of hydrogen-bond acceptors (Lipinski definition) is 6. The molecule has 2 heterocycles. The second-order valence-electron chi connectivity index (χ2n) is 5.73. The molecule has 0 saturated carbocycles. The van der Waals surface area contributed by atoms with Crippen molar-refractivity contribution in [3.63, 3.8) is 0 Å². The molecule has 1 aliphatic rings. The van der Waals surface area contributed by atoms with E-state index in [1.54, 1.807) is 30.6 Å². The third-order valence-corrected chi connectivity index (χ3v) is 5.98. The van der Waals surface area contributed by atoms with Crippen molar-refractivity contribution < 1.29 is 4.74 Å². The van der Waals surface area contributed by atoms with Gasteiger partial charge in [0.05, 0.1) is 0 Å². The molecule has 3 aromatic rings. The van der Waals surface area contributed by atoms with Crippen LogP contribution in [0.2, 0.25) is 10.0 Å². The van der Waals surface area contributed by atoms with Gasteiger partial charge in [-0.15, -0.1) is 0 Å². The van der Waals surface area contributed by atoms with E-state index in [0.29, 0.717) is 32.5 Å². The summed E-state index contributed by atoms with van der Waals surface area (Å²) in [6.07, 6.45) is 1.89. The van der Waals surface area contributed by atoms with Gasteiger partial charge in [0.1, 0.15) is 0 Å². The van der Waals surface area contributed by atoms with Crippen molar-refractivity contribution in [3.8, 4) is 5.75 Å². The van der Waals surface area contributed by atoms with Gasteiger partial charge in [-0.05, 0) is 0 Å². The van der Waals surface area contributed by atoms with Crippen LogP contribution in [0.5, 0.6) is 5.75 Å². The van der Waals surface area contributed by atoms with Crippen LogP contribution in [0.3, 0.4) is 0 Å². The van der Waals surface area contributed by atoms with E-state index in [1.807, 2.05) is 35.5 Å². The minimum atomic E-state index is 0.562. The molecule has 1 aliphatic heterocycles. The van der Waals surface area contributed by atoms with Crippen molar-refractivity contribution in [2.24, 2.45) is 4.99 Å². The first kappa shape index (κ1) is 18.6.